The summed E-state index contributed by atoms with van der Waals surface area (Å²) in [5, 5.41) is 18.8. The monoisotopic (exact) mass is 359 g/mol. The van der Waals surface area contributed by atoms with Crippen LogP contribution in [0.2, 0.25) is 0 Å². The maximum absolute atomic E-state index is 13.4. The minimum Gasteiger partial charge on any atom is -0.379 e. The fourth-order valence-electron chi connectivity index (χ4n) is 3.22. The van der Waals surface area contributed by atoms with Gasteiger partial charge in [0, 0.05) is 23.5 Å². The summed E-state index contributed by atoms with van der Waals surface area (Å²) in [6.45, 7) is 1.73. The molecule has 0 radical (unpaired) electrons. The van der Waals surface area contributed by atoms with Crippen LogP contribution in [0.4, 0.5) is 4.39 Å². The number of benzene rings is 2. The first kappa shape index (κ1) is 17.1. The van der Waals surface area contributed by atoms with E-state index in [1.165, 1.54) is 12.1 Å². The Morgan fingerprint density at radius 3 is 2.22 bits per heavy atom. The number of nitrogens with one attached hydrogen (secondary N) is 1. The van der Waals surface area contributed by atoms with E-state index in [4.69, 9.17) is 0 Å². The van der Waals surface area contributed by atoms with E-state index in [-0.39, 0.29) is 5.82 Å². The van der Waals surface area contributed by atoms with Crippen molar-refractivity contribution in [3.05, 3.63) is 96.2 Å². The normalized spacial score (nSPS) is 13.3. The van der Waals surface area contributed by atoms with Gasteiger partial charge in [0.25, 0.3) is 0 Å². The summed E-state index contributed by atoms with van der Waals surface area (Å²) >= 11 is 0. The van der Waals surface area contributed by atoms with Crippen LogP contribution in [0.15, 0.2) is 79.1 Å². The van der Waals surface area contributed by atoms with Gasteiger partial charge in [0.05, 0.1) is 5.69 Å². The van der Waals surface area contributed by atoms with Crippen LogP contribution < -0.4 is 0 Å². The summed E-state index contributed by atoms with van der Waals surface area (Å²) in [6.07, 6.45) is 3.38. The lowest BCUT2D eigenvalue weighted by atomic mass is 9.87. The molecule has 2 aromatic heterocycles. The largest absolute Gasteiger partial charge is 0.379 e. The molecule has 4 rings (SSSR count). The fraction of sp³-hybridized carbons (Fsp3) is 0.0909. The molecular formula is C22H18FN3O. The van der Waals surface area contributed by atoms with E-state index in [2.05, 4.69) is 15.2 Å². The van der Waals surface area contributed by atoms with Crippen molar-refractivity contribution in [2.24, 2.45) is 0 Å². The highest BCUT2D eigenvalue weighted by molar-refractivity contribution is 5.83. The molecule has 134 valence electrons. The van der Waals surface area contributed by atoms with Gasteiger partial charge in [0.1, 0.15) is 17.1 Å². The number of halogens is 1. The van der Waals surface area contributed by atoms with Crippen molar-refractivity contribution < 1.29 is 9.50 Å². The molecule has 0 bridgehead atoms. The van der Waals surface area contributed by atoms with Crippen molar-refractivity contribution in [2.45, 2.75) is 12.5 Å². The van der Waals surface area contributed by atoms with E-state index in [1.807, 2.05) is 42.5 Å². The van der Waals surface area contributed by atoms with Gasteiger partial charge in [-0.1, -0.05) is 30.3 Å². The van der Waals surface area contributed by atoms with E-state index < -0.39 is 5.60 Å². The number of nitrogens with zero attached hydrogens (tertiary/aromatic N) is 2. The van der Waals surface area contributed by atoms with Gasteiger partial charge in [-0.15, -0.1) is 0 Å². The van der Waals surface area contributed by atoms with Gasteiger partial charge in [0.15, 0.2) is 0 Å². The number of pyridine rings is 1. The maximum Gasteiger partial charge on any atom is 0.129 e. The average Bonchev–Trinajstić information content (AvgIpc) is 3.16. The molecule has 4 aromatic rings. The van der Waals surface area contributed by atoms with Crippen molar-refractivity contribution in [3.63, 3.8) is 0 Å². The minimum absolute atomic E-state index is 0.309. The van der Waals surface area contributed by atoms with Gasteiger partial charge in [0.2, 0.25) is 0 Å². The molecule has 4 nitrogen and oxygen atoms in total. The van der Waals surface area contributed by atoms with E-state index in [0.717, 1.165) is 22.3 Å². The van der Waals surface area contributed by atoms with E-state index in [0.29, 0.717) is 11.4 Å². The van der Waals surface area contributed by atoms with Crippen LogP contribution in [0.5, 0.6) is 0 Å². The Balaban J connectivity index is 1.94. The zero-order valence-electron chi connectivity index (χ0n) is 14.7. The van der Waals surface area contributed by atoms with E-state index in [1.54, 1.807) is 31.5 Å². The minimum atomic E-state index is -1.29. The fourth-order valence-corrected chi connectivity index (χ4v) is 3.22. The predicted molar refractivity (Wildman–Crippen MR) is 102 cm³/mol. The van der Waals surface area contributed by atoms with Crippen LogP contribution >= 0.6 is 0 Å². The molecule has 1 atom stereocenters. The van der Waals surface area contributed by atoms with Crippen molar-refractivity contribution in [1.82, 2.24) is 15.2 Å². The second kappa shape index (κ2) is 6.78. The van der Waals surface area contributed by atoms with Crippen LogP contribution in [-0.4, -0.2) is 20.3 Å². The third kappa shape index (κ3) is 3.13. The average molecular weight is 359 g/mol. The number of hydrogen-bond donors (Lipinski definition) is 2. The number of rotatable bonds is 4. The summed E-state index contributed by atoms with van der Waals surface area (Å²) in [4.78, 5) is 4.08. The lowest BCUT2D eigenvalue weighted by Gasteiger charge is -2.24. The maximum atomic E-state index is 13.4. The smallest absolute Gasteiger partial charge is 0.129 e. The van der Waals surface area contributed by atoms with Gasteiger partial charge < -0.3 is 5.11 Å². The Hall–Kier alpha value is -3.31. The molecule has 2 aromatic carbocycles. The predicted octanol–water partition coefficient (Wildman–Crippen LogP) is 4.53. The first-order valence-corrected chi connectivity index (χ1v) is 8.60. The zero-order chi connectivity index (χ0) is 18.9. The first-order chi connectivity index (χ1) is 13.1. The van der Waals surface area contributed by atoms with Gasteiger partial charge in [-0.3, -0.25) is 10.1 Å². The lowest BCUT2D eigenvalue weighted by Crippen LogP contribution is -2.24. The molecular weight excluding hydrogens is 341 g/mol. The molecule has 1 unspecified atom stereocenters. The molecule has 27 heavy (non-hydrogen) atoms. The molecule has 0 aliphatic carbocycles. The number of H-pyrrole nitrogens is 1. The zero-order valence-corrected chi connectivity index (χ0v) is 14.7. The van der Waals surface area contributed by atoms with Gasteiger partial charge in [-0.25, -0.2) is 4.39 Å². The standard InChI is InChI=1S/C22H18FN3O/c1-22(27,17-5-3-2-4-6-17)21-19(15-11-13-24-14-12-15)20(25-26-21)16-7-9-18(23)10-8-16/h2-14,27H,1H3,(H,25,26). The van der Waals surface area contributed by atoms with Crippen LogP contribution in [-0.2, 0) is 5.60 Å². The lowest BCUT2D eigenvalue weighted by molar-refractivity contribution is 0.0979. The molecule has 0 aliphatic heterocycles. The number of aromatic nitrogens is 3. The summed E-state index contributed by atoms with van der Waals surface area (Å²) in [6, 6.07) is 19.3. The molecule has 2 N–H and O–H groups in total. The topological polar surface area (TPSA) is 61.8 Å². The molecule has 0 saturated heterocycles. The third-order valence-electron chi connectivity index (χ3n) is 4.68. The number of aromatic amines is 1. The highest BCUT2D eigenvalue weighted by atomic mass is 19.1. The Bertz CT molecular complexity index is 1040. The highest BCUT2D eigenvalue weighted by Gasteiger charge is 2.32. The van der Waals surface area contributed by atoms with Gasteiger partial charge in [-0.2, -0.15) is 5.10 Å². The van der Waals surface area contributed by atoms with Crippen molar-refractivity contribution in [3.8, 4) is 22.4 Å². The molecule has 0 spiro atoms. The molecule has 0 aliphatic rings. The van der Waals surface area contributed by atoms with Crippen molar-refractivity contribution in [2.75, 3.05) is 0 Å². The SMILES string of the molecule is CC(O)(c1ccccc1)c1[nH]nc(-c2ccc(F)cc2)c1-c1ccncc1. The summed E-state index contributed by atoms with van der Waals surface area (Å²) in [7, 11) is 0. The Labute approximate surface area is 156 Å². The van der Waals surface area contributed by atoms with Gasteiger partial charge >= 0.3 is 0 Å². The van der Waals surface area contributed by atoms with Crippen LogP contribution in [0.3, 0.4) is 0 Å². The van der Waals surface area contributed by atoms with Crippen LogP contribution in [0.1, 0.15) is 18.2 Å². The number of aliphatic hydroxyl groups is 1. The number of hydrogen-bond acceptors (Lipinski definition) is 3. The first-order valence-electron chi connectivity index (χ1n) is 8.60. The third-order valence-corrected chi connectivity index (χ3v) is 4.68. The van der Waals surface area contributed by atoms with Crippen LogP contribution in [0.25, 0.3) is 22.4 Å². The second-order valence-electron chi connectivity index (χ2n) is 6.50. The van der Waals surface area contributed by atoms with Crippen molar-refractivity contribution >= 4 is 0 Å². The Morgan fingerprint density at radius 2 is 1.56 bits per heavy atom. The Kier molecular flexibility index (Phi) is 4.30. The Morgan fingerprint density at radius 1 is 0.889 bits per heavy atom. The molecule has 0 amide bonds. The molecule has 0 fully saturated rings. The summed E-state index contributed by atoms with van der Waals surface area (Å²) in [5.74, 6) is -0.309. The van der Waals surface area contributed by atoms with Gasteiger partial charge in [-0.05, 0) is 54.4 Å². The summed E-state index contributed by atoms with van der Waals surface area (Å²) in [5.41, 5.74) is 3.06. The van der Waals surface area contributed by atoms with Crippen LogP contribution in [0, 0.1) is 5.82 Å². The molecule has 0 saturated carbocycles. The van der Waals surface area contributed by atoms with E-state index >= 15 is 0 Å². The van der Waals surface area contributed by atoms with Crippen molar-refractivity contribution in [1.29, 1.82) is 0 Å². The summed E-state index contributed by atoms with van der Waals surface area (Å²) < 4.78 is 13.4. The quantitative estimate of drug-likeness (QED) is 0.563. The molecule has 5 heteroatoms. The molecule has 2 heterocycles. The highest BCUT2D eigenvalue weighted by Crippen LogP contribution is 2.40. The second-order valence-corrected chi connectivity index (χ2v) is 6.50. The van der Waals surface area contributed by atoms with E-state index in [9.17, 15) is 9.50 Å².